The molecule has 0 unspecified atom stereocenters. The van der Waals surface area contributed by atoms with Crippen LogP contribution in [-0.4, -0.2) is 25.7 Å². The number of carbonyl (C=O) groups is 1. The van der Waals surface area contributed by atoms with Crippen LogP contribution in [0.5, 0.6) is 0 Å². The third-order valence-corrected chi connectivity index (χ3v) is 5.22. The molecule has 0 fully saturated rings. The number of hydrogen-bond acceptors (Lipinski definition) is 5. The molecule has 2 aromatic carbocycles. The van der Waals surface area contributed by atoms with Gasteiger partial charge in [-0.3, -0.25) is 4.79 Å². The summed E-state index contributed by atoms with van der Waals surface area (Å²) < 4.78 is 28.6. The van der Waals surface area contributed by atoms with Gasteiger partial charge in [0, 0.05) is 22.9 Å². The maximum Gasteiger partial charge on any atom is 0.372 e. The SMILES string of the molecule is CS(=O)(=O)c1ccc(-c2cc(=O)c(-c3ccc(Cl)cc3)c(C(=O)O)o2)cc1. The van der Waals surface area contributed by atoms with Crippen LogP contribution in [0.25, 0.3) is 22.5 Å². The maximum absolute atomic E-state index is 12.6. The topological polar surface area (TPSA) is 102 Å². The molecule has 0 radical (unpaired) electrons. The maximum atomic E-state index is 12.6. The van der Waals surface area contributed by atoms with E-state index in [2.05, 4.69) is 0 Å². The number of benzene rings is 2. The van der Waals surface area contributed by atoms with Gasteiger partial charge in [0.05, 0.1) is 10.5 Å². The predicted octanol–water partition coefficient (Wildman–Crippen LogP) is 3.73. The Morgan fingerprint density at radius 2 is 1.56 bits per heavy atom. The number of sulfone groups is 1. The fourth-order valence-corrected chi connectivity index (χ4v) is 3.30. The van der Waals surface area contributed by atoms with E-state index >= 15 is 0 Å². The molecule has 0 bridgehead atoms. The fraction of sp³-hybridized carbons (Fsp3) is 0.0526. The molecule has 0 spiro atoms. The minimum Gasteiger partial charge on any atom is -0.475 e. The molecule has 0 aliphatic carbocycles. The molecule has 0 saturated carbocycles. The van der Waals surface area contributed by atoms with Crippen molar-refractivity contribution in [1.29, 1.82) is 0 Å². The standard InChI is InChI=1S/C19H13ClO6S/c1-27(24,25)14-8-4-11(5-9-14)16-10-15(21)17(18(26-16)19(22)23)12-2-6-13(20)7-3-12/h2-10H,1H3,(H,22,23). The number of rotatable bonds is 4. The van der Waals surface area contributed by atoms with Crippen molar-refractivity contribution in [2.75, 3.05) is 6.26 Å². The van der Waals surface area contributed by atoms with Crippen molar-refractivity contribution in [2.45, 2.75) is 4.90 Å². The molecular formula is C19H13ClO6S. The zero-order chi connectivity index (χ0) is 19.8. The third kappa shape index (κ3) is 3.94. The summed E-state index contributed by atoms with van der Waals surface area (Å²) in [4.78, 5) is 24.3. The van der Waals surface area contributed by atoms with Crippen LogP contribution in [0.2, 0.25) is 5.02 Å². The second kappa shape index (κ2) is 7.02. The van der Waals surface area contributed by atoms with E-state index in [4.69, 9.17) is 16.0 Å². The van der Waals surface area contributed by atoms with E-state index < -0.39 is 27.0 Å². The zero-order valence-corrected chi connectivity index (χ0v) is 15.5. The quantitative estimate of drug-likeness (QED) is 0.710. The minimum absolute atomic E-state index is 0.0233. The lowest BCUT2D eigenvalue weighted by Gasteiger charge is -2.08. The van der Waals surface area contributed by atoms with Crippen molar-refractivity contribution in [3.8, 4) is 22.5 Å². The van der Waals surface area contributed by atoms with Crippen molar-refractivity contribution in [2.24, 2.45) is 0 Å². The summed E-state index contributed by atoms with van der Waals surface area (Å²) in [7, 11) is -3.38. The summed E-state index contributed by atoms with van der Waals surface area (Å²) in [5.41, 5.74) is 0.119. The van der Waals surface area contributed by atoms with E-state index in [1.807, 2.05) is 0 Å². The summed E-state index contributed by atoms with van der Waals surface area (Å²) in [6.45, 7) is 0. The molecule has 3 aromatic rings. The van der Waals surface area contributed by atoms with Crippen LogP contribution in [-0.2, 0) is 9.84 Å². The third-order valence-electron chi connectivity index (χ3n) is 3.84. The van der Waals surface area contributed by atoms with Crippen LogP contribution in [0.1, 0.15) is 10.6 Å². The van der Waals surface area contributed by atoms with Gasteiger partial charge in [-0.1, -0.05) is 23.7 Å². The highest BCUT2D eigenvalue weighted by atomic mass is 35.5. The lowest BCUT2D eigenvalue weighted by atomic mass is 10.0. The van der Waals surface area contributed by atoms with Crippen LogP contribution in [0.3, 0.4) is 0 Å². The Kier molecular flexibility index (Phi) is 4.91. The molecule has 0 saturated heterocycles. The van der Waals surface area contributed by atoms with E-state index in [-0.39, 0.29) is 16.2 Å². The molecule has 27 heavy (non-hydrogen) atoms. The van der Waals surface area contributed by atoms with Gasteiger partial charge < -0.3 is 9.52 Å². The smallest absolute Gasteiger partial charge is 0.372 e. The van der Waals surface area contributed by atoms with Crippen LogP contribution < -0.4 is 5.43 Å². The first-order valence-electron chi connectivity index (χ1n) is 7.64. The van der Waals surface area contributed by atoms with Gasteiger partial charge in [-0.15, -0.1) is 0 Å². The molecule has 0 aliphatic heterocycles. The van der Waals surface area contributed by atoms with Crippen molar-refractivity contribution < 1.29 is 22.7 Å². The second-order valence-corrected chi connectivity index (χ2v) is 8.24. The first kappa shape index (κ1) is 18.9. The van der Waals surface area contributed by atoms with Crippen molar-refractivity contribution in [1.82, 2.24) is 0 Å². The molecule has 1 N–H and O–H groups in total. The van der Waals surface area contributed by atoms with Crippen LogP contribution in [0.15, 0.2) is 68.7 Å². The second-order valence-electron chi connectivity index (χ2n) is 5.79. The fourth-order valence-electron chi connectivity index (χ4n) is 2.54. The Morgan fingerprint density at radius 3 is 2.07 bits per heavy atom. The molecule has 138 valence electrons. The summed E-state index contributed by atoms with van der Waals surface area (Å²) in [6.07, 6.45) is 1.07. The number of halogens is 1. The van der Waals surface area contributed by atoms with Gasteiger partial charge in [0.1, 0.15) is 5.76 Å². The Balaban J connectivity index is 2.16. The lowest BCUT2D eigenvalue weighted by molar-refractivity contribution is 0.0662. The highest BCUT2D eigenvalue weighted by Gasteiger charge is 2.21. The van der Waals surface area contributed by atoms with Gasteiger partial charge in [0.15, 0.2) is 15.3 Å². The van der Waals surface area contributed by atoms with Gasteiger partial charge >= 0.3 is 5.97 Å². The molecule has 0 aliphatic rings. The molecule has 3 rings (SSSR count). The van der Waals surface area contributed by atoms with E-state index in [0.717, 1.165) is 6.26 Å². The van der Waals surface area contributed by atoms with E-state index in [0.29, 0.717) is 16.1 Å². The first-order valence-corrected chi connectivity index (χ1v) is 9.91. The molecular weight excluding hydrogens is 392 g/mol. The average molecular weight is 405 g/mol. The summed E-state index contributed by atoms with van der Waals surface area (Å²) >= 11 is 5.83. The molecule has 8 heteroatoms. The van der Waals surface area contributed by atoms with Gasteiger partial charge in [-0.05, 0) is 42.0 Å². The number of hydrogen-bond donors (Lipinski definition) is 1. The normalized spacial score (nSPS) is 11.3. The summed E-state index contributed by atoms with van der Waals surface area (Å²) in [5.74, 6) is -1.88. The van der Waals surface area contributed by atoms with E-state index in [1.165, 1.54) is 42.5 Å². The lowest BCUT2D eigenvalue weighted by Crippen LogP contribution is -2.12. The van der Waals surface area contributed by atoms with Crippen LogP contribution >= 0.6 is 11.6 Å². The average Bonchev–Trinajstić information content (AvgIpc) is 2.61. The monoisotopic (exact) mass is 404 g/mol. The first-order chi connectivity index (χ1) is 12.7. The molecule has 0 amide bonds. The Morgan fingerprint density at radius 1 is 1.00 bits per heavy atom. The van der Waals surface area contributed by atoms with Gasteiger partial charge in [0.25, 0.3) is 0 Å². The number of aromatic carboxylic acids is 1. The van der Waals surface area contributed by atoms with Gasteiger partial charge in [-0.2, -0.15) is 0 Å². The van der Waals surface area contributed by atoms with Crippen LogP contribution in [0.4, 0.5) is 0 Å². The Hall–Kier alpha value is -2.90. The van der Waals surface area contributed by atoms with Crippen LogP contribution in [0, 0.1) is 0 Å². The zero-order valence-electron chi connectivity index (χ0n) is 14.0. The van der Waals surface area contributed by atoms with Crippen molar-refractivity contribution >= 4 is 27.4 Å². The highest BCUT2D eigenvalue weighted by Crippen LogP contribution is 2.27. The minimum atomic E-state index is -3.38. The molecule has 6 nitrogen and oxygen atoms in total. The molecule has 1 aromatic heterocycles. The van der Waals surface area contributed by atoms with Gasteiger partial charge in [0.2, 0.25) is 5.76 Å². The van der Waals surface area contributed by atoms with E-state index in [1.54, 1.807) is 12.1 Å². The predicted molar refractivity (Wildman–Crippen MR) is 101 cm³/mol. The van der Waals surface area contributed by atoms with Crippen molar-refractivity contribution in [3.05, 3.63) is 75.6 Å². The summed E-state index contributed by atoms with van der Waals surface area (Å²) in [5, 5.41) is 9.94. The summed E-state index contributed by atoms with van der Waals surface area (Å²) in [6, 6.07) is 12.9. The molecule has 0 atom stereocenters. The Labute approximate surface area is 159 Å². The largest absolute Gasteiger partial charge is 0.475 e. The van der Waals surface area contributed by atoms with E-state index in [9.17, 15) is 23.1 Å². The number of carboxylic acid groups (broad SMARTS) is 1. The molecule has 1 heterocycles. The number of carboxylic acids is 1. The highest BCUT2D eigenvalue weighted by molar-refractivity contribution is 7.90. The van der Waals surface area contributed by atoms with Gasteiger partial charge in [-0.25, -0.2) is 13.2 Å². The Bertz CT molecular complexity index is 1180. The van der Waals surface area contributed by atoms with Crippen molar-refractivity contribution in [3.63, 3.8) is 0 Å².